The lowest BCUT2D eigenvalue weighted by Crippen LogP contribution is -2.35. The number of carbonyl (C=O) groups excluding carboxylic acids is 1. The van der Waals surface area contributed by atoms with Crippen molar-refractivity contribution in [2.24, 2.45) is 0 Å². The third-order valence-electron chi connectivity index (χ3n) is 2.40. The number of nitrogens with one attached hydrogen (secondary N) is 1. The lowest BCUT2D eigenvalue weighted by molar-refractivity contribution is -0.145. The Bertz CT molecular complexity index is 185. The van der Waals surface area contributed by atoms with E-state index in [1.165, 1.54) is 12.8 Å². The van der Waals surface area contributed by atoms with E-state index < -0.39 is 6.10 Å². The van der Waals surface area contributed by atoms with Crippen LogP contribution < -0.4 is 5.32 Å². The van der Waals surface area contributed by atoms with Crippen LogP contribution in [0.15, 0.2) is 0 Å². The van der Waals surface area contributed by atoms with Crippen molar-refractivity contribution in [1.29, 1.82) is 0 Å². The van der Waals surface area contributed by atoms with Crippen molar-refractivity contribution in [3.63, 3.8) is 0 Å². The van der Waals surface area contributed by atoms with Crippen molar-refractivity contribution >= 4 is 5.97 Å². The number of carbonyl (C=O) groups is 1. The van der Waals surface area contributed by atoms with E-state index in [1.807, 2.05) is 0 Å². The van der Waals surface area contributed by atoms with E-state index in [-0.39, 0.29) is 12.4 Å². The van der Waals surface area contributed by atoms with Crippen LogP contribution in [0.2, 0.25) is 0 Å². The molecule has 0 fully saturated rings. The van der Waals surface area contributed by atoms with Crippen molar-refractivity contribution < 1.29 is 14.6 Å². The minimum Gasteiger partial charge on any atom is -0.466 e. The lowest BCUT2D eigenvalue weighted by atomic mass is 10.1. The van der Waals surface area contributed by atoms with Gasteiger partial charge in [0.1, 0.15) is 0 Å². The summed E-state index contributed by atoms with van der Waals surface area (Å²) in [6.07, 6.45) is 2.88. The predicted molar refractivity (Wildman–Crippen MR) is 64.2 cm³/mol. The van der Waals surface area contributed by atoms with E-state index in [0.29, 0.717) is 19.2 Å². The SMILES string of the molecule is CCCCC(C)NCC(O)CC(=O)OCC. The molecule has 0 saturated carbocycles. The number of aliphatic hydroxyl groups excluding tert-OH is 1. The van der Waals surface area contributed by atoms with Gasteiger partial charge in [-0.1, -0.05) is 19.8 Å². The normalized spacial score (nSPS) is 14.5. The Kier molecular flexibility index (Phi) is 9.24. The van der Waals surface area contributed by atoms with E-state index in [9.17, 15) is 9.90 Å². The summed E-state index contributed by atoms with van der Waals surface area (Å²) in [5, 5.41) is 12.8. The van der Waals surface area contributed by atoms with Crippen LogP contribution in [0.4, 0.5) is 0 Å². The van der Waals surface area contributed by atoms with E-state index in [0.717, 1.165) is 6.42 Å². The maximum Gasteiger partial charge on any atom is 0.308 e. The zero-order valence-electron chi connectivity index (χ0n) is 10.7. The highest BCUT2D eigenvalue weighted by Crippen LogP contribution is 2.00. The minimum absolute atomic E-state index is 0.0708. The summed E-state index contributed by atoms with van der Waals surface area (Å²) in [7, 11) is 0. The molecule has 0 bridgehead atoms. The summed E-state index contributed by atoms with van der Waals surface area (Å²) in [4.78, 5) is 11.1. The standard InChI is InChI=1S/C12H25NO3/c1-4-6-7-10(3)13-9-11(14)8-12(15)16-5-2/h10-11,13-14H,4-9H2,1-3H3. The van der Waals surface area contributed by atoms with E-state index in [4.69, 9.17) is 4.74 Å². The van der Waals surface area contributed by atoms with E-state index >= 15 is 0 Å². The molecule has 0 spiro atoms. The molecular formula is C12H25NO3. The van der Waals surface area contributed by atoms with Crippen LogP contribution in [0.25, 0.3) is 0 Å². The highest BCUT2D eigenvalue weighted by Gasteiger charge is 2.12. The molecule has 2 unspecified atom stereocenters. The second-order valence-electron chi connectivity index (χ2n) is 4.11. The molecule has 0 aliphatic rings. The summed E-state index contributed by atoms with van der Waals surface area (Å²) in [5.41, 5.74) is 0. The van der Waals surface area contributed by atoms with Gasteiger partial charge in [-0.3, -0.25) is 4.79 Å². The molecule has 96 valence electrons. The van der Waals surface area contributed by atoms with Gasteiger partial charge in [0.2, 0.25) is 0 Å². The third-order valence-corrected chi connectivity index (χ3v) is 2.40. The zero-order valence-corrected chi connectivity index (χ0v) is 10.7. The maximum absolute atomic E-state index is 11.1. The number of aliphatic hydroxyl groups is 1. The third kappa shape index (κ3) is 8.68. The van der Waals surface area contributed by atoms with Gasteiger partial charge in [0.05, 0.1) is 19.1 Å². The van der Waals surface area contributed by atoms with Gasteiger partial charge < -0.3 is 15.2 Å². The highest BCUT2D eigenvalue weighted by molar-refractivity contribution is 5.69. The summed E-state index contributed by atoms with van der Waals surface area (Å²) in [6, 6.07) is 0.386. The van der Waals surface area contributed by atoms with Gasteiger partial charge in [0, 0.05) is 12.6 Å². The fourth-order valence-electron chi connectivity index (χ4n) is 1.43. The molecule has 0 heterocycles. The molecule has 0 rings (SSSR count). The lowest BCUT2D eigenvalue weighted by Gasteiger charge is -2.16. The Labute approximate surface area is 98.4 Å². The second kappa shape index (κ2) is 9.60. The van der Waals surface area contributed by atoms with Crippen molar-refractivity contribution in [2.45, 2.75) is 58.6 Å². The molecule has 4 nitrogen and oxygen atoms in total. The predicted octanol–water partition coefficient (Wildman–Crippen LogP) is 1.47. The molecule has 0 saturated heterocycles. The Morgan fingerprint density at radius 1 is 1.44 bits per heavy atom. The molecular weight excluding hydrogens is 206 g/mol. The van der Waals surface area contributed by atoms with Crippen LogP contribution in [-0.2, 0) is 9.53 Å². The zero-order chi connectivity index (χ0) is 12.4. The first-order valence-corrected chi connectivity index (χ1v) is 6.17. The van der Waals surface area contributed by atoms with Gasteiger partial charge >= 0.3 is 5.97 Å². The van der Waals surface area contributed by atoms with Crippen LogP contribution >= 0.6 is 0 Å². The fourth-order valence-corrected chi connectivity index (χ4v) is 1.43. The van der Waals surface area contributed by atoms with E-state index in [2.05, 4.69) is 19.2 Å². The van der Waals surface area contributed by atoms with Crippen LogP contribution in [0.5, 0.6) is 0 Å². The molecule has 0 aliphatic heterocycles. The molecule has 0 aliphatic carbocycles. The first-order valence-electron chi connectivity index (χ1n) is 6.17. The average molecular weight is 231 g/mol. The molecule has 0 radical (unpaired) electrons. The van der Waals surface area contributed by atoms with E-state index in [1.54, 1.807) is 6.92 Å². The molecule has 16 heavy (non-hydrogen) atoms. The van der Waals surface area contributed by atoms with Gasteiger partial charge in [-0.15, -0.1) is 0 Å². The molecule has 2 N–H and O–H groups in total. The van der Waals surface area contributed by atoms with Crippen LogP contribution in [0.1, 0.15) is 46.5 Å². The Morgan fingerprint density at radius 3 is 2.69 bits per heavy atom. The van der Waals surface area contributed by atoms with Crippen molar-refractivity contribution in [3.8, 4) is 0 Å². The Morgan fingerprint density at radius 2 is 2.12 bits per heavy atom. The number of unbranched alkanes of at least 4 members (excludes halogenated alkanes) is 1. The smallest absolute Gasteiger partial charge is 0.308 e. The molecule has 0 aromatic heterocycles. The highest BCUT2D eigenvalue weighted by atomic mass is 16.5. The van der Waals surface area contributed by atoms with Crippen molar-refractivity contribution in [2.75, 3.05) is 13.2 Å². The maximum atomic E-state index is 11.1. The van der Waals surface area contributed by atoms with Gasteiger partial charge in [-0.05, 0) is 20.3 Å². The Balaban J connectivity index is 3.55. The number of hydrogen-bond acceptors (Lipinski definition) is 4. The van der Waals surface area contributed by atoms with Crippen LogP contribution in [0.3, 0.4) is 0 Å². The summed E-state index contributed by atoms with van der Waals surface area (Å²) >= 11 is 0. The quantitative estimate of drug-likeness (QED) is 0.590. The van der Waals surface area contributed by atoms with Gasteiger partial charge in [-0.2, -0.15) is 0 Å². The van der Waals surface area contributed by atoms with Gasteiger partial charge in [0.25, 0.3) is 0 Å². The molecule has 2 atom stereocenters. The average Bonchev–Trinajstić information content (AvgIpc) is 2.23. The van der Waals surface area contributed by atoms with Crippen LogP contribution in [-0.4, -0.2) is 36.4 Å². The van der Waals surface area contributed by atoms with Gasteiger partial charge in [0.15, 0.2) is 0 Å². The fraction of sp³-hybridized carbons (Fsp3) is 0.917. The Hall–Kier alpha value is -0.610. The number of ether oxygens (including phenoxy) is 1. The molecule has 0 aromatic rings. The minimum atomic E-state index is -0.650. The van der Waals surface area contributed by atoms with Crippen molar-refractivity contribution in [3.05, 3.63) is 0 Å². The largest absolute Gasteiger partial charge is 0.466 e. The topological polar surface area (TPSA) is 58.6 Å². The number of hydrogen-bond donors (Lipinski definition) is 2. The van der Waals surface area contributed by atoms with Gasteiger partial charge in [-0.25, -0.2) is 0 Å². The number of esters is 1. The summed E-state index contributed by atoms with van der Waals surface area (Å²) in [6.45, 7) is 6.82. The molecule has 0 aromatic carbocycles. The summed E-state index contributed by atoms with van der Waals surface area (Å²) < 4.78 is 4.76. The summed E-state index contributed by atoms with van der Waals surface area (Å²) in [5.74, 6) is -0.335. The molecule has 0 amide bonds. The molecule has 4 heteroatoms. The second-order valence-corrected chi connectivity index (χ2v) is 4.11. The first kappa shape index (κ1) is 15.4. The monoisotopic (exact) mass is 231 g/mol. The number of rotatable bonds is 9. The van der Waals surface area contributed by atoms with Crippen molar-refractivity contribution in [1.82, 2.24) is 5.32 Å². The van der Waals surface area contributed by atoms with Crippen LogP contribution in [0, 0.1) is 0 Å². The first-order chi connectivity index (χ1) is 7.60.